The summed E-state index contributed by atoms with van der Waals surface area (Å²) in [6.07, 6.45) is 0.845. The van der Waals surface area contributed by atoms with Gasteiger partial charge in [-0.1, -0.05) is 12.1 Å². The number of piperidine rings is 1. The molecule has 0 aromatic heterocycles. The second-order valence-corrected chi connectivity index (χ2v) is 7.79. The SMILES string of the molecule is CC(C)(C)OC(=O)NCCC(=O)N1CCC(NC(=O)c2ccccc2F)CC1. The number of amides is 3. The van der Waals surface area contributed by atoms with Crippen LogP contribution in [0.3, 0.4) is 0 Å². The number of hydrogen-bond acceptors (Lipinski definition) is 4. The molecule has 0 bridgehead atoms. The van der Waals surface area contributed by atoms with Crippen molar-refractivity contribution in [2.45, 2.75) is 51.7 Å². The lowest BCUT2D eigenvalue weighted by atomic mass is 10.0. The number of hydrogen-bond donors (Lipinski definition) is 2. The minimum absolute atomic E-state index is 0.0224. The zero-order valence-corrected chi connectivity index (χ0v) is 16.6. The molecular weight excluding hydrogens is 365 g/mol. The Morgan fingerprint density at radius 3 is 2.43 bits per heavy atom. The predicted molar refractivity (Wildman–Crippen MR) is 102 cm³/mol. The Morgan fingerprint density at radius 1 is 1.18 bits per heavy atom. The number of nitrogens with zero attached hydrogens (tertiary/aromatic N) is 1. The molecule has 8 heteroatoms. The third-order valence-electron chi connectivity index (χ3n) is 4.31. The van der Waals surface area contributed by atoms with Gasteiger partial charge in [-0.25, -0.2) is 9.18 Å². The topological polar surface area (TPSA) is 87.7 Å². The first-order valence-electron chi connectivity index (χ1n) is 9.46. The Balaban J connectivity index is 1.70. The van der Waals surface area contributed by atoms with Crippen LogP contribution in [0.2, 0.25) is 0 Å². The van der Waals surface area contributed by atoms with E-state index in [-0.39, 0.29) is 30.5 Å². The van der Waals surface area contributed by atoms with Crippen molar-refractivity contribution in [3.63, 3.8) is 0 Å². The van der Waals surface area contributed by atoms with E-state index in [1.807, 2.05) is 0 Å². The van der Waals surface area contributed by atoms with Crippen molar-refractivity contribution in [2.24, 2.45) is 0 Å². The van der Waals surface area contributed by atoms with Gasteiger partial charge in [0.15, 0.2) is 0 Å². The first kappa shape index (κ1) is 21.7. The van der Waals surface area contributed by atoms with Crippen LogP contribution in [0.25, 0.3) is 0 Å². The third kappa shape index (κ3) is 6.83. The van der Waals surface area contributed by atoms with Crippen molar-refractivity contribution >= 4 is 17.9 Å². The highest BCUT2D eigenvalue weighted by molar-refractivity contribution is 5.94. The Labute approximate surface area is 164 Å². The molecular formula is C20H28FN3O4. The lowest BCUT2D eigenvalue weighted by molar-refractivity contribution is -0.132. The molecule has 28 heavy (non-hydrogen) atoms. The molecule has 0 atom stereocenters. The van der Waals surface area contributed by atoms with E-state index in [2.05, 4.69) is 10.6 Å². The van der Waals surface area contributed by atoms with Gasteiger partial charge in [0, 0.05) is 32.1 Å². The molecule has 1 aliphatic heterocycles. The summed E-state index contributed by atoms with van der Waals surface area (Å²) in [5.41, 5.74) is -0.558. The van der Waals surface area contributed by atoms with E-state index in [1.165, 1.54) is 18.2 Å². The van der Waals surface area contributed by atoms with Crippen LogP contribution in [0.4, 0.5) is 9.18 Å². The minimum atomic E-state index is -0.580. The van der Waals surface area contributed by atoms with Gasteiger partial charge in [0.05, 0.1) is 5.56 Å². The molecule has 2 rings (SSSR count). The molecule has 0 aliphatic carbocycles. The number of nitrogens with one attached hydrogen (secondary N) is 2. The largest absolute Gasteiger partial charge is 0.444 e. The summed E-state index contributed by atoms with van der Waals surface area (Å²) in [7, 11) is 0. The summed E-state index contributed by atoms with van der Waals surface area (Å²) in [5, 5.41) is 5.39. The summed E-state index contributed by atoms with van der Waals surface area (Å²) < 4.78 is 18.8. The number of carbonyl (C=O) groups excluding carboxylic acids is 3. The molecule has 1 aromatic rings. The maximum Gasteiger partial charge on any atom is 0.407 e. The highest BCUT2D eigenvalue weighted by Crippen LogP contribution is 2.13. The average molecular weight is 393 g/mol. The second-order valence-electron chi connectivity index (χ2n) is 7.79. The fourth-order valence-corrected chi connectivity index (χ4v) is 2.93. The maximum atomic E-state index is 13.7. The second kappa shape index (κ2) is 9.52. The maximum absolute atomic E-state index is 13.7. The van der Waals surface area contributed by atoms with Crippen molar-refractivity contribution in [3.8, 4) is 0 Å². The smallest absolute Gasteiger partial charge is 0.407 e. The van der Waals surface area contributed by atoms with Crippen LogP contribution in [0.1, 0.15) is 50.4 Å². The fraction of sp³-hybridized carbons (Fsp3) is 0.550. The van der Waals surface area contributed by atoms with Crippen molar-refractivity contribution in [3.05, 3.63) is 35.6 Å². The van der Waals surface area contributed by atoms with Crippen LogP contribution in [0.5, 0.6) is 0 Å². The van der Waals surface area contributed by atoms with Gasteiger partial charge in [0.1, 0.15) is 11.4 Å². The summed E-state index contributed by atoms with van der Waals surface area (Å²) in [4.78, 5) is 37.7. The molecule has 1 aromatic carbocycles. The summed E-state index contributed by atoms with van der Waals surface area (Å²) in [5.74, 6) is -1.05. The van der Waals surface area contributed by atoms with E-state index >= 15 is 0 Å². The predicted octanol–water partition coefficient (Wildman–Crippen LogP) is 2.46. The summed E-state index contributed by atoms with van der Waals surface area (Å²) in [6.45, 7) is 6.53. The van der Waals surface area contributed by atoms with Gasteiger partial charge in [0.25, 0.3) is 5.91 Å². The molecule has 3 amide bonds. The Hall–Kier alpha value is -2.64. The molecule has 0 unspecified atom stereocenters. The zero-order chi connectivity index (χ0) is 20.7. The van der Waals surface area contributed by atoms with Crippen molar-refractivity contribution in [1.29, 1.82) is 0 Å². The Bertz CT molecular complexity index is 710. The van der Waals surface area contributed by atoms with Gasteiger partial charge < -0.3 is 20.3 Å². The number of likely N-dealkylation sites (tertiary alicyclic amines) is 1. The molecule has 0 spiro atoms. The van der Waals surface area contributed by atoms with Crippen LogP contribution in [0, 0.1) is 5.82 Å². The quantitative estimate of drug-likeness (QED) is 0.804. The average Bonchev–Trinajstić information content (AvgIpc) is 2.61. The van der Waals surface area contributed by atoms with E-state index in [1.54, 1.807) is 31.7 Å². The molecule has 7 nitrogen and oxygen atoms in total. The highest BCUT2D eigenvalue weighted by atomic mass is 19.1. The lowest BCUT2D eigenvalue weighted by Gasteiger charge is -2.32. The van der Waals surface area contributed by atoms with Gasteiger partial charge in [-0.05, 0) is 45.7 Å². The molecule has 0 saturated carbocycles. The number of benzene rings is 1. The first-order valence-corrected chi connectivity index (χ1v) is 9.46. The van der Waals surface area contributed by atoms with E-state index in [0.717, 1.165) is 0 Å². The van der Waals surface area contributed by atoms with Gasteiger partial charge in [-0.2, -0.15) is 0 Å². The third-order valence-corrected chi connectivity index (χ3v) is 4.31. The van der Waals surface area contributed by atoms with Crippen molar-refractivity contribution < 1.29 is 23.5 Å². The van der Waals surface area contributed by atoms with Gasteiger partial charge in [0.2, 0.25) is 5.91 Å². The Morgan fingerprint density at radius 2 is 1.82 bits per heavy atom. The standard InChI is InChI=1S/C20H28FN3O4/c1-20(2,3)28-19(27)22-11-8-17(25)24-12-9-14(10-13-24)23-18(26)15-6-4-5-7-16(15)21/h4-7,14H,8-13H2,1-3H3,(H,22,27)(H,23,26). The molecule has 0 radical (unpaired) electrons. The van der Waals surface area contributed by atoms with Crippen LogP contribution in [-0.2, 0) is 9.53 Å². The van der Waals surface area contributed by atoms with Crippen molar-refractivity contribution in [1.82, 2.24) is 15.5 Å². The lowest BCUT2D eigenvalue weighted by Crippen LogP contribution is -2.47. The van der Waals surface area contributed by atoms with E-state index in [0.29, 0.717) is 25.9 Å². The number of alkyl carbamates (subject to hydrolysis) is 1. The van der Waals surface area contributed by atoms with Gasteiger partial charge in [-0.3, -0.25) is 9.59 Å². The van der Waals surface area contributed by atoms with Crippen LogP contribution >= 0.6 is 0 Å². The monoisotopic (exact) mass is 393 g/mol. The molecule has 1 fully saturated rings. The highest BCUT2D eigenvalue weighted by Gasteiger charge is 2.25. The normalized spacial score (nSPS) is 15.1. The minimum Gasteiger partial charge on any atom is -0.444 e. The Kier molecular flexibility index (Phi) is 7.37. The van der Waals surface area contributed by atoms with Crippen molar-refractivity contribution in [2.75, 3.05) is 19.6 Å². The van der Waals surface area contributed by atoms with Gasteiger partial charge in [-0.15, -0.1) is 0 Å². The summed E-state index contributed by atoms with van der Waals surface area (Å²) >= 11 is 0. The number of rotatable bonds is 5. The van der Waals surface area contributed by atoms with E-state index in [9.17, 15) is 18.8 Å². The van der Waals surface area contributed by atoms with Gasteiger partial charge >= 0.3 is 6.09 Å². The molecule has 1 heterocycles. The summed E-state index contributed by atoms with van der Waals surface area (Å²) in [6, 6.07) is 5.75. The molecule has 1 saturated heterocycles. The fourth-order valence-electron chi connectivity index (χ4n) is 2.93. The first-order chi connectivity index (χ1) is 13.2. The molecule has 2 N–H and O–H groups in total. The van der Waals surface area contributed by atoms with Crippen LogP contribution in [0.15, 0.2) is 24.3 Å². The van der Waals surface area contributed by atoms with Crippen LogP contribution < -0.4 is 10.6 Å². The zero-order valence-electron chi connectivity index (χ0n) is 16.6. The van der Waals surface area contributed by atoms with E-state index < -0.39 is 23.4 Å². The van der Waals surface area contributed by atoms with E-state index in [4.69, 9.17) is 4.74 Å². The number of halogens is 1. The molecule has 154 valence electrons. The van der Waals surface area contributed by atoms with Crippen LogP contribution in [-0.4, -0.2) is 54.1 Å². The number of carbonyl (C=O) groups is 3. The number of ether oxygens (including phenoxy) is 1. The molecule has 1 aliphatic rings.